The zero-order chi connectivity index (χ0) is 13.7. The number of hydrogen-bond donors (Lipinski definition) is 2. The van der Waals surface area contributed by atoms with E-state index in [4.69, 9.17) is 0 Å². The maximum Gasteiger partial charge on any atom is 0.134 e. The number of rotatable bonds is 5. The third-order valence-corrected chi connectivity index (χ3v) is 3.38. The van der Waals surface area contributed by atoms with Crippen LogP contribution in [0, 0.1) is 6.92 Å². The number of nitrogens with one attached hydrogen (secondary N) is 1. The van der Waals surface area contributed by atoms with E-state index in [-0.39, 0.29) is 12.6 Å². The number of aliphatic hydroxyl groups is 1. The first kappa shape index (κ1) is 13.8. The minimum atomic E-state index is 0.176. The topological polar surface area (TPSA) is 61.3 Å². The Balaban J connectivity index is 2.21. The van der Waals surface area contributed by atoms with Gasteiger partial charge in [-0.15, -0.1) is 6.58 Å². The lowest BCUT2D eigenvalue weighted by molar-refractivity contribution is 0.239. The van der Waals surface area contributed by atoms with Crippen LogP contribution in [0.5, 0.6) is 0 Å². The highest BCUT2D eigenvalue weighted by molar-refractivity contribution is 5.50. The van der Waals surface area contributed by atoms with E-state index in [9.17, 15) is 5.11 Å². The summed E-state index contributed by atoms with van der Waals surface area (Å²) in [6.07, 6.45) is 5.14. The summed E-state index contributed by atoms with van der Waals surface area (Å²) in [5.74, 6) is 2.45. The van der Waals surface area contributed by atoms with Gasteiger partial charge in [0.05, 0.1) is 12.6 Å². The zero-order valence-corrected chi connectivity index (χ0v) is 11.5. The second-order valence-corrected chi connectivity index (χ2v) is 4.85. The first-order valence-electron chi connectivity index (χ1n) is 6.82. The second-order valence-electron chi connectivity index (χ2n) is 4.85. The van der Waals surface area contributed by atoms with Gasteiger partial charge in [0, 0.05) is 19.2 Å². The van der Waals surface area contributed by atoms with Crippen LogP contribution in [-0.2, 0) is 0 Å². The van der Waals surface area contributed by atoms with Gasteiger partial charge >= 0.3 is 0 Å². The third-order valence-electron chi connectivity index (χ3n) is 3.38. The molecule has 1 saturated heterocycles. The molecular formula is C14H22N4O. The number of aromatic nitrogens is 2. The molecule has 1 unspecified atom stereocenters. The normalized spacial score (nSPS) is 19.3. The van der Waals surface area contributed by atoms with Crippen LogP contribution in [0.15, 0.2) is 18.7 Å². The fraction of sp³-hybridized carbons (Fsp3) is 0.571. The quantitative estimate of drug-likeness (QED) is 0.791. The van der Waals surface area contributed by atoms with Gasteiger partial charge in [-0.1, -0.05) is 6.08 Å². The maximum absolute atomic E-state index is 9.49. The molecule has 0 radical (unpaired) electrons. The van der Waals surface area contributed by atoms with Crippen LogP contribution in [0.2, 0.25) is 0 Å². The summed E-state index contributed by atoms with van der Waals surface area (Å²) >= 11 is 0. The Morgan fingerprint density at radius 3 is 3.11 bits per heavy atom. The number of aliphatic hydroxyl groups excluding tert-OH is 1. The van der Waals surface area contributed by atoms with Crippen LogP contribution in [0.3, 0.4) is 0 Å². The van der Waals surface area contributed by atoms with Crippen molar-refractivity contribution in [3.63, 3.8) is 0 Å². The Labute approximate surface area is 114 Å². The fourth-order valence-corrected chi connectivity index (χ4v) is 2.46. The molecule has 1 aliphatic heterocycles. The van der Waals surface area contributed by atoms with Crippen molar-refractivity contribution in [2.24, 2.45) is 0 Å². The number of aryl methyl sites for hydroxylation is 1. The lowest BCUT2D eigenvalue weighted by atomic mass is 10.0. The average Bonchev–Trinajstić information content (AvgIpc) is 2.44. The Hall–Kier alpha value is -1.62. The molecule has 0 bridgehead atoms. The van der Waals surface area contributed by atoms with Crippen molar-refractivity contribution in [2.75, 3.05) is 29.9 Å². The van der Waals surface area contributed by atoms with Crippen molar-refractivity contribution in [1.29, 1.82) is 0 Å². The van der Waals surface area contributed by atoms with Gasteiger partial charge in [-0.25, -0.2) is 9.97 Å². The van der Waals surface area contributed by atoms with E-state index in [1.807, 2.05) is 13.0 Å². The highest BCUT2D eigenvalue weighted by Crippen LogP contribution is 2.24. The summed E-state index contributed by atoms with van der Waals surface area (Å²) < 4.78 is 0. The van der Waals surface area contributed by atoms with Crippen LogP contribution in [0.1, 0.15) is 25.1 Å². The number of nitrogens with zero attached hydrogens (tertiary/aromatic N) is 3. The van der Waals surface area contributed by atoms with Gasteiger partial charge < -0.3 is 15.3 Å². The monoisotopic (exact) mass is 262 g/mol. The molecule has 2 N–H and O–H groups in total. The van der Waals surface area contributed by atoms with Gasteiger partial charge in [-0.05, 0) is 26.2 Å². The molecule has 0 aromatic carbocycles. The van der Waals surface area contributed by atoms with E-state index in [0.29, 0.717) is 6.54 Å². The van der Waals surface area contributed by atoms with E-state index in [1.165, 1.54) is 6.42 Å². The van der Waals surface area contributed by atoms with E-state index in [1.54, 1.807) is 6.08 Å². The molecule has 19 heavy (non-hydrogen) atoms. The molecule has 1 aromatic rings. The predicted octanol–water partition coefficient (Wildman–Crippen LogP) is 1.73. The van der Waals surface area contributed by atoms with E-state index < -0.39 is 0 Å². The number of anilines is 2. The van der Waals surface area contributed by atoms with Gasteiger partial charge in [-0.2, -0.15) is 0 Å². The summed E-state index contributed by atoms with van der Waals surface area (Å²) in [6.45, 7) is 7.38. The largest absolute Gasteiger partial charge is 0.394 e. The molecule has 0 aliphatic carbocycles. The Morgan fingerprint density at radius 1 is 1.53 bits per heavy atom. The first-order chi connectivity index (χ1) is 9.24. The van der Waals surface area contributed by atoms with Gasteiger partial charge in [-0.3, -0.25) is 0 Å². The van der Waals surface area contributed by atoms with Crippen LogP contribution in [-0.4, -0.2) is 40.8 Å². The third kappa shape index (κ3) is 3.44. The highest BCUT2D eigenvalue weighted by Gasteiger charge is 2.23. The summed E-state index contributed by atoms with van der Waals surface area (Å²) in [6, 6.07) is 2.13. The molecule has 5 heteroatoms. The summed E-state index contributed by atoms with van der Waals surface area (Å²) in [5, 5.41) is 12.7. The number of piperidine rings is 1. The van der Waals surface area contributed by atoms with Crippen LogP contribution < -0.4 is 10.2 Å². The lowest BCUT2D eigenvalue weighted by Gasteiger charge is -2.35. The van der Waals surface area contributed by atoms with Gasteiger partial charge in [0.15, 0.2) is 0 Å². The molecular weight excluding hydrogens is 240 g/mol. The van der Waals surface area contributed by atoms with E-state index in [2.05, 4.69) is 26.8 Å². The Bertz CT molecular complexity index is 435. The van der Waals surface area contributed by atoms with E-state index >= 15 is 0 Å². The predicted molar refractivity (Wildman–Crippen MR) is 77.5 cm³/mol. The fourth-order valence-electron chi connectivity index (χ4n) is 2.46. The van der Waals surface area contributed by atoms with Crippen molar-refractivity contribution in [3.05, 3.63) is 24.5 Å². The second kappa shape index (κ2) is 6.52. The van der Waals surface area contributed by atoms with Crippen molar-refractivity contribution in [2.45, 2.75) is 32.2 Å². The molecule has 0 amide bonds. The summed E-state index contributed by atoms with van der Waals surface area (Å²) in [4.78, 5) is 11.1. The van der Waals surface area contributed by atoms with Gasteiger partial charge in [0.1, 0.15) is 17.5 Å². The molecule has 0 spiro atoms. The lowest BCUT2D eigenvalue weighted by Crippen LogP contribution is -2.42. The van der Waals surface area contributed by atoms with E-state index in [0.717, 1.165) is 36.8 Å². The van der Waals surface area contributed by atoms with Crippen LogP contribution in [0.4, 0.5) is 11.6 Å². The molecule has 1 atom stereocenters. The minimum absolute atomic E-state index is 0.176. The molecule has 2 heterocycles. The van der Waals surface area contributed by atoms with Crippen molar-refractivity contribution >= 4 is 11.6 Å². The van der Waals surface area contributed by atoms with Crippen LogP contribution >= 0.6 is 0 Å². The van der Waals surface area contributed by atoms with Gasteiger partial charge in [0.25, 0.3) is 0 Å². The molecule has 104 valence electrons. The van der Waals surface area contributed by atoms with Crippen molar-refractivity contribution in [3.8, 4) is 0 Å². The first-order valence-corrected chi connectivity index (χ1v) is 6.82. The molecule has 1 fully saturated rings. The smallest absolute Gasteiger partial charge is 0.134 e. The highest BCUT2D eigenvalue weighted by atomic mass is 16.3. The Kier molecular flexibility index (Phi) is 4.74. The van der Waals surface area contributed by atoms with Crippen molar-refractivity contribution < 1.29 is 5.11 Å². The standard InChI is InChI=1S/C14H22N4O/c1-3-7-15-13-9-14(17-11(2)16-13)18-8-5-4-6-12(18)10-19/h3,9,12,19H,1,4-8,10H2,2H3,(H,15,16,17). The zero-order valence-electron chi connectivity index (χ0n) is 11.5. The molecule has 1 aliphatic rings. The molecule has 2 rings (SSSR count). The molecule has 5 nitrogen and oxygen atoms in total. The average molecular weight is 262 g/mol. The summed E-state index contributed by atoms with van der Waals surface area (Å²) in [5.41, 5.74) is 0. The van der Waals surface area contributed by atoms with Crippen LogP contribution in [0.25, 0.3) is 0 Å². The SMILES string of the molecule is C=CCNc1cc(N2CCCCC2CO)nc(C)n1. The maximum atomic E-state index is 9.49. The van der Waals surface area contributed by atoms with Gasteiger partial charge in [0.2, 0.25) is 0 Å². The Morgan fingerprint density at radius 2 is 2.37 bits per heavy atom. The van der Waals surface area contributed by atoms with Crippen molar-refractivity contribution in [1.82, 2.24) is 9.97 Å². The molecule has 0 saturated carbocycles. The summed E-state index contributed by atoms with van der Waals surface area (Å²) in [7, 11) is 0. The number of hydrogen-bond acceptors (Lipinski definition) is 5. The minimum Gasteiger partial charge on any atom is -0.394 e. The molecule has 1 aromatic heterocycles.